The maximum atomic E-state index is 13.1. The third kappa shape index (κ3) is 7.55. The highest BCUT2D eigenvalue weighted by molar-refractivity contribution is 8.01. The Hall–Kier alpha value is -3.95. The minimum absolute atomic E-state index is 0.0105. The first kappa shape index (κ1) is 28.1. The van der Waals surface area contributed by atoms with E-state index in [-0.39, 0.29) is 10.8 Å². The lowest BCUT2D eigenvalue weighted by atomic mass is 10.1. The van der Waals surface area contributed by atoms with Crippen molar-refractivity contribution in [3.05, 3.63) is 108 Å². The van der Waals surface area contributed by atoms with Crippen LogP contribution in [0, 0.1) is 0 Å². The van der Waals surface area contributed by atoms with E-state index in [1.807, 2.05) is 17.0 Å². The highest BCUT2D eigenvalue weighted by Gasteiger charge is 2.23. The molecule has 0 atom stereocenters. The highest BCUT2D eigenvalue weighted by atomic mass is 32.2. The molecule has 4 rings (SSSR count). The molecule has 1 saturated heterocycles. The molecule has 8 nitrogen and oxygen atoms in total. The van der Waals surface area contributed by atoms with Crippen LogP contribution in [0.15, 0.2) is 91.7 Å². The number of anilines is 1. The Labute approximate surface area is 230 Å². The minimum Gasteiger partial charge on any atom is -0.494 e. The first-order valence-electron chi connectivity index (χ1n) is 13.0. The summed E-state index contributed by atoms with van der Waals surface area (Å²) in [6.07, 6.45) is 5.31. The average molecular weight is 547 g/mol. The Morgan fingerprint density at radius 3 is 2.49 bits per heavy atom. The molecule has 0 radical (unpaired) electrons. The number of nitrogens with zero attached hydrogens (tertiary/aromatic N) is 3. The molecular formula is C30H34N4O4S. The SMILES string of the molecule is C=C/C=C(\c1ccccn1)S(=O)(=O)Nc1ccc(C(=O)N2CCN(Cc3cccc(OCCC)c3)CC2)cc1. The van der Waals surface area contributed by atoms with Crippen LogP contribution in [0.25, 0.3) is 4.91 Å². The zero-order chi connectivity index (χ0) is 27.7. The minimum atomic E-state index is -3.92. The van der Waals surface area contributed by atoms with Crippen LogP contribution < -0.4 is 9.46 Å². The van der Waals surface area contributed by atoms with Gasteiger partial charge in [0.25, 0.3) is 15.9 Å². The number of sulfonamides is 1. The number of carbonyl (C=O) groups excluding carboxylic acids is 1. The van der Waals surface area contributed by atoms with Gasteiger partial charge in [0.15, 0.2) is 0 Å². The van der Waals surface area contributed by atoms with Gasteiger partial charge in [0.2, 0.25) is 0 Å². The summed E-state index contributed by atoms with van der Waals surface area (Å²) in [5.74, 6) is 0.818. The number of allylic oxidation sites excluding steroid dienone is 2. The average Bonchev–Trinajstić information content (AvgIpc) is 2.95. The van der Waals surface area contributed by atoms with Gasteiger partial charge in [-0.3, -0.25) is 19.4 Å². The zero-order valence-electron chi connectivity index (χ0n) is 22.1. The van der Waals surface area contributed by atoms with Crippen molar-refractivity contribution in [2.24, 2.45) is 0 Å². The molecule has 0 unspecified atom stereocenters. The van der Waals surface area contributed by atoms with E-state index in [2.05, 4.69) is 40.2 Å². The lowest BCUT2D eigenvalue weighted by Crippen LogP contribution is -2.48. The van der Waals surface area contributed by atoms with Crippen molar-refractivity contribution < 1.29 is 17.9 Å². The third-order valence-electron chi connectivity index (χ3n) is 6.30. The normalized spacial score (nSPS) is 14.6. The van der Waals surface area contributed by atoms with Crippen LogP contribution in [0.3, 0.4) is 0 Å². The number of pyridine rings is 1. The van der Waals surface area contributed by atoms with Crippen molar-refractivity contribution >= 4 is 26.5 Å². The van der Waals surface area contributed by atoms with E-state index in [9.17, 15) is 13.2 Å². The maximum Gasteiger partial charge on any atom is 0.264 e. The number of benzene rings is 2. The number of aromatic nitrogens is 1. The summed E-state index contributed by atoms with van der Waals surface area (Å²) >= 11 is 0. The Balaban J connectivity index is 1.33. The molecule has 3 aromatic rings. The van der Waals surface area contributed by atoms with Gasteiger partial charge in [-0.2, -0.15) is 0 Å². The highest BCUT2D eigenvalue weighted by Crippen LogP contribution is 2.23. The zero-order valence-corrected chi connectivity index (χ0v) is 22.9. The van der Waals surface area contributed by atoms with E-state index in [1.54, 1.807) is 42.5 Å². The number of piperazine rings is 1. The maximum absolute atomic E-state index is 13.1. The van der Waals surface area contributed by atoms with Gasteiger partial charge in [-0.25, -0.2) is 8.42 Å². The van der Waals surface area contributed by atoms with Gasteiger partial charge < -0.3 is 9.64 Å². The number of carbonyl (C=O) groups is 1. The molecule has 1 aliphatic heterocycles. The monoisotopic (exact) mass is 546 g/mol. The van der Waals surface area contributed by atoms with E-state index in [1.165, 1.54) is 23.9 Å². The number of ether oxygens (including phenoxy) is 1. The van der Waals surface area contributed by atoms with E-state index in [0.717, 1.165) is 31.8 Å². The predicted molar refractivity (Wildman–Crippen MR) is 155 cm³/mol. The van der Waals surface area contributed by atoms with Gasteiger partial charge in [-0.1, -0.05) is 37.8 Å². The van der Waals surface area contributed by atoms with Crippen molar-refractivity contribution in [3.8, 4) is 5.75 Å². The Bertz CT molecular complexity index is 1400. The van der Waals surface area contributed by atoms with Crippen LogP contribution in [-0.4, -0.2) is 61.9 Å². The summed E-state index contributed by atoms with van der Waals surface area (Å²) in [6, 6.07) is 19.7. The fraction of sp³-hybridized carbons (Fsp3) is 0.267. The van der Waals surface area contributed by atoms with Crippen molar-refractivity contribution in [3.63, 3.8) is 0 Å². The van der Waals surface area contributed by atoms with E-state index in [4.69, 9.17) is 4.74 Å². The summed E-state index contributed by atoms with van der Waals surface area (Å²) in [7, 11) is -3.92. The van der Waals surface area contributed by atoms with Gasteiger partial charge in [0.1, 0.15) is 10.7 Å². The quantitative estimate of drug-likeness (QED) is 0.348. The molecule has 0 saturated carbocycles. The molecule has 39 heavy (non-hydrogen) atoms. The molecule has 1 aromatic heterocycles. The Morgan fingerprint density at radius 1 is 1.05 bits per heavy atom. The summed E-state index contributed by atoms with van der Waals surface area (Å²) < 4.78 is 34.4. The standard InChI is InChI=1S/C30H34N4O4S/c1-3-8-29(28-11-5-6-16-31-28)39(36,37)32-26-14-12-25(13-15-26)30(35)34-19-17-33(18-20-34)23-24-9-7-10-27(22-24)38-21-4-2/h3,5-16,22,32H,1,4,17-21,23H2,2H3/b29-8+. The van der Waals surface area contributed by atoms with Crippen LogP contribution >= 0.6 is 0 Å². The topological polar surface area (TPSA) is 91.8 Å². The van der Waals surface area contributed by atoms with Gasteiger partial charge in [0, 0.05) is 50.2 Å². The van der Waals surface area contributed by atoms with Gasteiger partial charge in [0.05, 0.1) is 12.3 Å². The summed E-state index contributed by atoms with van der Waals surface area (Å²) in [6.45, 7) is 10.0. The lowest BCUT2D eigenvalue weighted by molar-refractivity contribution is 0.0628. The molecule has 0 bridgehead atoms. The Kier molecular flexibility index (Phi) is 9.51. The second-order valence-electron chi connectivity index (χ2n) is 9.23. The smallest absolute Gasteiger partial charge is 0.264 e. The van der Waals surface area contributed by atoms with Gasteiger partial charge in [-0.15, -0.1) is 0 Å². The van der Waals surface area contributed by atoms with Gasteiger partial charge >= 0.3 is 0 Å². The summed E-state index contributed by atoms with van der Waals surface area (Å²) in [5, 5.41) is 0. The van der Waals surface area contributed by atoms with Crippen LogP contribution in [0.2, 0.25) is 0 Å². The van der Waals surface area contributed by atoms with Crippen molar-refractivity contribution in [2.75, 3.05) is 37.5 Å². The molecule has 1 amide bonds. The second kappa shape index (κ2) is 13.2. The number of hydrogen-bond donors (Lipinski definition) is 1. The molecule has 2 heterocycles. The molecule has 0 spiro atoms. The molecular weight excluding hydrogens is 512 g/mol. The molecule has 0 aliphatic carbocycles. The van der Waals surface area contributed by atoms with Crippen LogP contribution in [0.4, 0.5) is 5.69 Å². The molecule has 1 aliphatic rings. The van der Waals surface area contributed by atoms with Crippen LogP contribution in [0.1, 0.15) is 35.0 Å². The van der Waals surface area contributed by atoms with Crippen molar-refractivity contribution in [1.29, 1.82) is 0 Å². The molecule has 9 heteroatoms. The fourth-order valence-corrected chi connectivity index (χ4v) is 5.55. The molecule has 2 aromatic carbocycles. The van der Waals surface area contributed by atoms with Gasteiger partial charge in [-0.05, 0) is 66.6 Å². The number of hydrogen-bond acceptors (Lipinski definition) is 6. The lowest BCUT2D eigenvalue weighted by Gasteiger charge is -2.34. The molecule has 1 N–H and O–H groups in total. The van der Waals surface area contributed by atoms with E-state index >= 15 is 0 Å². The first-order chi connectivity index (χ1) is 18.9. The number of amides is 1. The Morgan fingerprint density at radius 2 is 1.82 bits per heavy atom. The largest absolute Gasteiger partial charge is 0.494 e. The molecule has 1 fully saturated rings. The van der Waals surface area contributed by atoms with Crippen molar-refractivity contribution in [2.45, 2.75) is 19.9 Å². The predicted octanol–water partition coefficient (Wildman–Crippen LogP) is 4.80. The third-order valence-corrected chi connectivity index (χ3v) is 7.73. The van der Waals surface area contributed by atoms with E-state index < -0.39 is 10.0 Å². The van der Waals surface area contributed by atoms with E-state index in [0.29, 0.717) is 36.6 Å². The molecule has 204 valence electrons. The number of nitrogens with one attached hydrogen (secondary N) is 1. The number of rotatable bonds is 11. The van der Waals surface area contributed by atoms with Crippen LogP contribution in [0.5, 0.6) is 5.75 Å². The fourth-order valence-electron chi connectivity index (χ4n) is 4.32. The second-order valence-corrected chi connectivity index (χ2v) is 10.9. The first-order valence-corrected chi connectivity index (χ1v) is 14.5. The van der Waals surface area contributed by atoms with Crippen molar-refractivity contribution in [1.82, 2.24) is 14.8 Å². The summed E-state index contributed by atoms with van der Waals surface area (Å²) in [5.41, 5.74) is 2.37. The summed E-state index contributed by atoms with van der Waals surface area (Å²) in [4.78, 5) is 21.4. The van der Waals surface area contributed by atoms with Crippen LogP contribution in [-0.2, 0) is 16.6 Å².